The number of oxime groups is 1. The quantitative estimate of drug-likeness (QED) is 0.765. The lowest BCUT2D eigenvalue weighted by Crippen LogP contribution is -2.43. The summed E-state index contributed by atoms with van der Waals surface area (Å²) in [5, 5.41) is 4.00. The van der Waals surface area contributed by atoms with Crippen molar-refractivity contribution < 1.29 is 9.57 Å². The minimum Gasteiger partial charge on any atom is -0.468 e. The Bertz CT molecular complexity index is 384. The molecule has 1 aromatic carbocycles. The molecule has 1 aliphatic rings. The maximum atomic E-state index is 5.81. The number of benzene rings is 1. The van der Waals surface area contributed by atoms with Crippen LogP contribution in [0.2, 0.25) is 0 Å². The van der Waals surface area contributed by atoms with Gasteiger partial charge in [-0.2, -0.15) is 0 Å². The van der Waals surface area contributed by atoms with Gasteiger partial charge in [0.25, 0.3) is 0 Å². The van der Waals surface area contributed by atoms with E-state index < -0.39 is 0 Å². The number of rotatable bonds is 2. The lowest BCUT2D eigenvalue weighted by atomic mass is 10.0. The zero-order valence-electron chi connectivity index (χ0n) is 9.93. The number of hydrogen-bond acceptors (Lipinski definition) is 3. The van der Waals surface area contributed by atoms with Crippen LogP contribution in [0.3, 0.4) is 0 Å². The van der Waals surface area contributed by atoms with Crippen LogP contribution in [0.4, 0.5) is 0 Å². The van der Waals surface area contributed by atoms with Crippen molar-refractivity contribution in [1.82, 2.24) is 0 Å². The average Bonchev–Trinajstić information content (AvgIpc) is 2.25. The zero-order chi connectivity index (χ0) is 11.6. The molecule has 16 heavy (non-hydrogen) atoms. The fourth-order valence-corrected chi connectivity index (χ4v) is 1.51. The predicted molar refractivity (Wildman–Crippen MR) is 63.3 cm³/mol. The maximum Gasteiger partial charge on any atom is 0.230 e. The van der Waals surface area contributed by atoms with Crippen molar-refractivity contribution in [1.29, 1.82) is 0 Å². The molecule has 1 aliphatic heterocycles. The molecular formula is C13H17NO2. The first-order chi connectivity index (χ1) is 7.58. The first-order valence-corrected chi connectivity index (χ1v) is 5.53. The molecule has 0 spiro atoms. The van der Waals surface area contributed by atoms with Crippen molar-refractivity contribution in [2.24, 2.45) is 5.16 Å². The van der Waals surface area contributed by atoms with Gasteiger partial charge in [0, 0.05) is 0 Å². The lowest BCUT2D eigenvalue weighted by Gasteiger charge is -2.34. The third-order valence-corrected chi connectivity index (χ3v) is 2.87. The summed E-state index contributed by atoms with van der Waals surface area (Å²) in [7, 11) is 0. The molecule has 1 unspecified atom stereocenters. The smallest absolute Gasteiger partial charge is 0.230 e. The van der Waals surface area contributed by atoms with Crippen molar-refractivity contribution >= 4 is 5.90 Å². The second-order valence-corrected chi connectivity index (χ2v) is 4.60. The van der Waals surface area contributed by atoms with Crippen molar-refractivity contribution in [3.05, 3.63) is 35.9 Å². The highest BCUT2D eigenvalue weighted by molar-refractivity contribution is 5.79. The SMILES string of the molecule is CC1ON=C(Cc2ccccc2)OC1(C)C. The molecule has 0 aliphatic carbocycles. The van der Waals surface area contributed by atoms with E-state index in [0.29, 0.717) is 12.3 Å². The molecule has 0 aromatic heterocycles. The van der Waals surface area contributed by atoms with Crippen LogP contribution in [0.15, 0.2) is 35.5 Å². The van der Waals surface area contributed by atoms with E-state index in [0.717, 1.165) is 0 Å². The molecule has 0 saturated carbocycles. The molecule has 3 heteroatoms. The molecule has 0 N–H and O–H groups in total. The van der Waals surface area contributed by atoms with Gasteiger partial charge in [-0.25, -0.2) is 0 Å². The van der Waals surface area contributed by atoms with Gasteiger partial charge >= 0.3 is 0 Å². The molecule has 3 nitrogen and oxygen atoms in total. The van der Waals surface area contributed by atoms with Gasteiger partial charge in [0.15, 0.2) is 6.10 Å². The summed E-state index contributed by atoms with van der Waals surface area (Å²) < 4.78 is 5.81. The third kappa shape index (κ3) is 2.35. The van der Waals surface area contributed by atoms with Gasteiger partial charge in [0.1, 0.15) is 5.60 Å². The highest BCUT2D eigenvalue weighted by Crippen LogP contribution is 2.23. The summed E-state index contributed by atoms with van der Waals surface area (Å²) >= 11 is 0. The molecule has 86 valence electrons. The van der Waals surface area contributed by atoms with E-state index in [9.17, 15) is 0 Å². The third-order valence-electron chi connectivity index (χ3n) is 2.87. The van der Waals surface area contributed by atoms with Gasteiger partial charge in [-0.15, -0.1) is 0 Å². The Morgan fingerprint density at radius 3 is 2.56 bits per heavy atom. The standard InChI is InChI=1S/C13H17NO2/c1-10-13(2,3)15-12(14-16-10)9-11-7-5-4-6-8-11/h4-8,10H,9H2,1-3H3. The maximum absolute atomic E-state index is 5.81. The summed E-state index contributed by atoms with van der Waals surface area (Å²) in [6, 6.07) is 10.1. The Hall–Kier alpha value is -1.51. The molecule has 1 atom stereocenters. The largest absolute Gasteiger partial charge is 0.468 e. The van der Waals surface area contributed by atoms with E-state index >= 15 is 0 Å². The van der Waals surface area contributed by atoms with E-state index in [1.165, 1.54) is 5.56 Å². The van der Waals surface area contributed by atoms with Crippen LogP contribution >= 0.6 is 0 Å². The Morgan fingerprint density at radius 1 is 1.25 bits per heavy atom. The highest BCUT2D eigenvalue weighted by Gasteiger charge is 2.34. The molecule has 0 amide bonds. The molecule has 0 radical (unpaired) electrons. The molecule has 0 saturated heterocycles. The van der Waals surface area contributed by atoms with Gasteiger partial charge in [0.2, 0.25) is 5.90 Å². The van der Waals surface area contributed by atoms with Crippen molar-refractivity contribution in [3.8, 4) is 0 Å². The summed E-state index contributed by atoms with van der Waals surface area (Å²) in [6.45, 7) is 5.98. The molecule has 1 heterocycles. The van der Waals surface area contributed by atoms with Gasteiger partial charge in [-0.1, -0.05) is 35.5 Å². The predicted octanol–water partition coefficient (Wildman–Crippen LogP) is 2.76. The van der Waals surface area contributed by atoms with Crippen LogP contribution in [0.5, 0.6) is 0 Å². The fourth-order valence-electron chi connectivity index (χ4n) is 1.51. The monoisotopic (exact) mass is 219 g/mol. The van der Waals surface area contributed by atoms with Crippen molar-refractivity contribution in [2.45, 2.75) is 38.9 Å². The van der Waals surface area contributed by atoms with E-state index in [4.69, 9.17) is 9.57 Å². The number of ether oxygens (including phenoxy) is 1. The summed E-state index contributed by atoms with van der Waals surface area (Å²) in [5.41, 5.74) is 0.862. The molecular weight excluding hydrogens is 202 g/mol. The minimum atomic E-state index is -0.314. The van der Waals surface area contributed by atoms with Crippen LogP contribution < -0.4 is 0 Å². The zero-order valence-corrected chi connectivity index (χ0v) is 9.93. The van der Waals surface area contributed by atoms with E-state index in [-0.39, 0.29) is 11.7 Å². The molecule has 0 fully saturated rings. The fraction of sp³-hybridized carbons (Fsp3) is 0.462. The van der Waals surface area contributed by atoms with E-state index in [1.54, 1.807) is 0 Å². The van der Waals surface area contributed by atoms with Gasteiger partial charge < -0.3 is 9.57 Å². The number of nitrogens with zero attached hydrogens (tertiary/aromatic N) is 1. The molecule has 2 rings (SSSR count). The summed E-state index contributed by atoms with van der Waals surface area (Å²) in [4.78, 5) is 5.34. The van der Waals surface area contributed by atoms with Crippen molar-refractivity contribution in [2.75, 3.05) is 0 Å². The van der Waals surface area contributed by atoms with Crippen LogP contribution in [0, 0.1) is 0 Å². The second-order valence-electron chi connectivity index (χ2n) is 4.60. The minimum absolute atomic E-state index is 0.0213. The van der Waals surface area contributed by atoms with E-state index in [2.05, 4.69) is 17.3 Å². The molecule has 0 bridgehead atoms. The Morgan fingerprint density at radius 2 is 1.94 bits per heavy atom. The average molecular weight is 219 g/mol. The Balaban J connectivity index is 2.07. The van der Waals surface area contributed by atoms with Crippen LogP contribution in [0.1, 0.15) is 26.3 Å². The summed E-state index contributed by atoms with van der Waals surface area (Å²) in [6.07, 6.45) is 0.656. The Labute approximate surface area is 96.1 Å². The van der Waals surface area contributed by atoms with Crippen molar-refractivity contribution in [3.63, 3.8) is 0 Å². The first-order valence-electron chi connectivity index (χ1n) is 5.53. The van der Waals surface area contributed by atoms with Gasteiger partial charge in [0.05, 0.1) is 6.42 Å². The lowest BCUT2D eigenvalue weighted by molar-refractivity contribution is -0.101. The highest BCUT2D eigenvalue weighted by atomic mass is 16.7. The van der Waals surface area contributed by atoms with E-state index in [1.807, 2.05) is 39.0 Å². The molecule has 1 aromatic rings. The first kappa shape index (κ1) is 11.0. The van der Waals surface area contributed by atoms with Crippen LogP contribution in [-0.2, 0) is 16.0 Å². The number of hydrogen-bond donors (Lipinski definition) is 0. The van der Waals surface area contributed by atoms with Crippen LogP contribution in [-0.4, -0.2) is 17.6 Å². The topological polar surface area (TPSA) is 30.8 Å². The Kier molecular flexibility index (Phi) is 2.86. The van der Waals surface area contributed by atoms with Gasteiger partial charge in [-0.05, 0) is 26.3 Å². The second kappa shape index (κ2) is 4.16. The van der Waals surface area contributed by atoms with Gasteiger partial charge in [-0.3, -0.25) is 0 Å². The normalized spacial score (nSPS) is 22.9. The summed E-state index contributed by atoms with van der Waals surface area (Å²) in [5.74, 6) is 0.648. The van der Waals surface area contributed by atoms with Crippen LogP contribution in [0.25, 0.3) is 0 Å².